The fourth-order valence-corrected chi connectivity index (χ4v) is 3.36. The molecule has 1 unspecified atom stereocenters. The van der Waals surface area contributed by atoms with Crippen molar-refractivity contribution in [3.63, 3.8) is 0 Å². The lowest BCUT2D eigenvalue weighted by Crippen LogP contribution is -2.11. The number of nitrogens with zero attached hydrogens (tertiary/aromatic N) is 1. The lowest BCUT2D eigenvalue weighted by atomic mass is 10.1. The van der Waals surface area contributed by atoms with Gasteiger partial charge in [0.05, 0.1) is 11.7 Å². The first-order valence-corrected chi connectivity index (χ1v) is 7.94. The Kier molecular flexibility index (Phi) is 3.96. The molecular weight excluding hydrogens is 332 g/mol. The summed E-state index contributed by atoms with van der Waals surface area (Å²) in [5.41, 5.74) is 9.42. The van der Waals surface area contributed by atoms with Crippen LogP contribution in [0.25, 0.3) is 11.3 Å². The van der Waals surface area contributed by atoms with Crippen LogP contribution in [0.1, 0.15) is 16.6 Å². The smallest absolute Gasteiger partial charge is 0.115 e. The first kappa shape index (κ1) is 13.5. The Balaban J connectivity index is 1.93. The molecular formula is C16H13BrN2S. The van der Waals surface area contributed by atoms with Crippen LogP contribution >= 0.6 is 27.3 Å². The van der Waals surface area contributed by atoms with Gasteiger partial charge in [0.2, 0.25) is 0 Å². The first-order chi connectivity index (χ1) is 9.75. The van der Waals surface area contributed by atoms with Crippen LogP contribution < -0.4 is 5.73 Å². The number of halogens is 1. The Hall–Kier alpha value is -1.49. The van der Waals surface area contributed by atoms with Crippen LogP contribution in [0.4, 0.5) is 0 Å². The molecule has 1 aromatic heterocycles. The van der Waals surface area contributed by atoms with Crippen molar-refractivity contribution in [1.29, 1.82) is 0 Å². The standard InChI is InChI=1S/C16H13BrN2S/c17-13-9-5-4-8-12(13)14-10-20-16(19-14)15(18)11-6-2-1-3-7-11/h1-10,15H,18H2. The van der Waals surface area contributed by atoms with Crippen molar-refractivity contribution in [1.82, 2.24) is 4.98 Å². The average Bonchev–Trinajstić information content (AvgIpc) is 2.97. The molecule has 0 radical (unpaired) electrons. The Labute approximate surface area is 130 Å². The average molecular weight is 345 g/mol. The zero-order chi connectivity index (χ0) is 13.9. The van der Waals surface area contributed by atoms with E-state index in [2.05, 4.69) is 32.4 Å². The van der Waals surface area contributed by atoms with Crippen molar-refractivity contribution in [3.8, 4) is 11.3 Å². The molecule has 0 saturated heterocycles. The molecule has 3 aromatic rings. The lowest BCUT2D eigenvalue weighted by molar-refractivity contribution is 0.859. The second-order valence-electron chi connectivity index (χ2n) is 4.44. The van der Waals surface area contributed by atoms with Crippen molar-refractivity contribution >= 4 is 27.3 Å². The highest BCUT2D eigenvalue weighted by Gasteiger charge is 2.14. The van der Waals surface area contributed by atoms with Crippen LogP contribution in [0, 0.1) is 0 Å². The van der Waals surface area contributed by atoms with Gasteiger partial charge in [-0.1, -0.05) is 64.5 Å². The van der Waals surface area contributed by atoms with Crippen LogP contribution in [-0.2, 0) is 0 Å². The molecule has 2 N–H and O–H groups in total. The van der Waals surface area contributed by atoms with E-state index in [0.29, 0.717) is 0 Å². The third-order valence-electron chi connectivity index (χ3n) is 3.10. The predicted molar refractivity (Wildman–Crippen MR) is 87.7 cm³/mol. The fourth-order valence-electron chi connectivity index (χ4n) is 2.03. The van der Waals surface area contributed by atoms with E-state index in [4.69, 9.17) is 5.73 Å². The third-order valence-corrected chi connectivity index (χ3v) is 4.72. The molecule has 0 fully saturated rings. The number of rotatable bonds is 3. The zero-order valence-corrected chi connectivity index (χ0v) is 13.1. The quantitative estimate of drug-likeness (QED) is 0.752. The minimum Gasteiger partial charge on any atom is -0.318 e. The van der Waals surface area contributed by atoms with E-state index >= 15 is 0 Å². The normalized spacial score (nSPS) is 12.3. The summed E-state index contributed by atoms with van der Waals surface area (Å²) < 4.78 is 1.05. The van der Waals surface area contributed by atoms with Gasteiger partial charge in [-0.05, 0) is 11.6 Å². The van der Waals surface area contributed by atoms with E-state index in [9.17, 15) is 0 Å². The van der Waals surface area contributed by atoms with Gasteiger partial charge < -0.3 is 5.73 Å². The zero-order valence-electron chi connectivity index (χ0n) is 10.7. The largest absolute Gasteiger partial charge is 0.318 e. The minimum atomic E-state index is -0.169. The highest BCUT2D eigenvalue weighted by atomic mass is 79.9. The van der Waals surface area contributed by atoms with E-state index in [1.807, 2.05) is 48.5 Å². The Morgan fingerprint density at radius 1 is 1.00 bits per heavy atom. The molecule has 0 saturated carbocycles. The summed E-state index contributed by atoms with van der Waals surface area (Å²) in [6, 6.07) is 18.0. The van der Waals surface area contributed by atoms with E-state index in [0.717, 1.165) is 26.3 Å². The summed E-state index contributed by atoms with van der Waals surface area (Å²) in [6.07, 6.45) is 0. The number of nitrogens with two attached hydrogens (primary N) is 1. The van der Waals surface area contributed by atoms with Gasteiger partial charge in [0.25, 0.3) is 0 Å². The molecule has 0 aliphatic heterocycles. The molecule has 0 spiro atoms. The number of hydrogen-bond acceptors (Lipinski definition) is 3. The molecule has 2 aromatic carbocycles. The van der Waals surface area contributed by atoms with Gasteiger partial charge in [0.15, 0.2) is 0 Å². The van der Waals surface area contributed by atoms with Gasteiger partial charge in [-0.25, -0.2) is 4.98 Å². The fraction of sp³-hybridized carbons (Fsp3) is 0.0625. The second-order valence-corrected chi connectivity index (χ2v) is 6.18. The van der Waals surface area contributed by atoms with Crippen LogP contribution in [0.2, 0.25) is 0 Å². The van der Waals surface area contributed by atoms with Gasteiger partial charge in [0, 0.05) is 15.4 Å². The molecule has 2 nitrogen and oxygen atoms in total. The summed E-state index contributed by atoms with van der Waals surface area (Å²) >= 11 is 5.16. The molecule has 0 bridgehead atoms. The van der Waals surface area contributed by atoms with Crippen molar-refractivity contribution in [2.24, 2.45) is 5.73 Å². The Morgan fingerprint density at radius 2 is 1.70 bits per heavy atom. The maximum Gasteiger partial charge on any atom is 0.115 e. The molecule has 1 heterocycles. The monoisotopic (exact) mass is 344 g/mol. The number of hydrogen-bond donors (Lipinski definition) is 1. The first-order valence-electron chi connectivity index (χ1n) is 6.26. The molecule has 4 heteroatoms. The highest BCUT2D eigenvalue weighted by molar-refractivity contribution is 9.10. The van der Waals surface area contributed by atoms with E-state index in [1.165, 1.54) is 0 Å². The van der Waals surface area contributed by atoms with Gasteiger partial charge in [-0.2, -0.15) is 0 Å². The molecule has 100 valence electrons. The van der Waals surface area contributed by atoms with E-state index in [1.54, 1.807) is 11.3 Å². The van der Waals surface area contributed by atoms with Crippen molar-refractivity contribution < 1.29 is 0 Å². The third kappa shape index (κ3) is 2.68. The molecule has 0 amide bonds. The van der Waals surface area contributed by atoms with Gasteiger partial charge in [-0.15, -0.1) is 11.3 Å². The maximum absolute atomic E-state index is 6.28. The highest BCUT2D eigenvalue weighted by Crippen LogP contribution is 2.31. The van der Waals surface area contributed by atoms with Crippen LogP contribution in [0.5, 0.6) is 0 Å². The molecule has 0 aliphatic rings. The van der Waals surface area contributed by atoms with Crippen molar-refractivity contribution in [2.45, 2.75) is 6.04 Å². The van der Waals surface area contributed by atoms with Crippen LogP contribution in [-0.4, -0.2) is 4.98 Å². The Morgan fingerprint density at radius 3 is 2.45 bits per heavy atom. The topological polar surface area (TPSA) is 38.9 Å². The summed E-state index contributed by atoms with van der Waals surface area (Å²) in [4.78, 5) is 4.68. The minimum absolute atomic E-state index is 0.169. The number of aromatic nitrogens is 1. The Bertz CT molecular complexity index is 709. The van der Waals surface area contributed by atoms with Crippen molar-refractivity contribution in [3.05, 3.63) is 75.0 Å². The summed E-state index contributed by atoms with van der Waals surface area (Å²) in [6.45, 7) is 0. The van der Waals surface area contributed by atoms with Crippen LogP contribution in [0.3, 0.4) is 0 Å². The summed E-state index contributed by atoms with van der Waals surface area (Å²) in [5.74, 6) is 0. The van der Waals surface area contributed by atoms with E-state index in [-0.39, 0.29) is 6.04 Å². The van der Waals surface area contributed by atoms with E-state index < -0.39 is 0 Å². The van der Waals surface area contributed by atoms with Gasteiger partial charge >= 0.3 is 0 Å². The van der Waals surface area contributed by atoms with Gasteiger partial charge in [0.1, 0.15) is 5.01 Å². The SMILES string of the molecule is NC(c1ccccc1)c1nc(-c2ccccc2Br)cs1. The molecule has 20 heavy (non-hydrogen) atoms. The van der Waals surface area contributed by atoms with Crippen LogP contribution in [0.15, 0.2) is 64.5 Å². The molecule has 1 atom stereocenters. The summed E-state index contributed by atoms with van der Waals surface area (Å²) in [5, 5.41) is 2.99. The van der Waals surface area contributed by atoms with Crippen molar-refractivity contribution in [2.75, 3.05) is 0 Å². The van der Waals surface area contributed by atoms with Gasteiger partial charge in [-0.3, -0.25) is 0 Å². The number of benzene rings is 2. The molecule has 0 aliphatic carbocycles. The molecule has 3 rings (SSSR count). The summed E-state index contributed by atoms with van der Waals surface area (Å²) in [7, 11) is 0. The maximum atomic E-state index is 6.28. The second kappa shape index (κ2) is 5.87. The predicted octanol–water partition coefficient (Wildman–Crippen LogP) is 4.62. The lowest BCUT2D eigenvalue weighted by Gasteiger charge is -2.08. The number of thiazole rings is 1.